The summed E-state index contributed by atoms with van der Waals surface area (Å²) in [6.07, 6.45) is 2.52. The maximum atomic E-state index is 5.82. The Balaban J connectivity index is 1.48. The number of nitrogens with one attached hydrogen (secondary N) is 1. The van der Waals surface area contributed by atoms with Gasteiger partial charge in [0.25, 0.3) is 0 Å². The van der Waals surface area contributed by atoms with Crippen LogP contribution in [0.1, 0.15) is 42.5 Å². The lowest BCUT2D eigenvalue weighted by Gasteiger charge is -2.16. The van der Waals surface area contributed by atoms with Crippen LogP contribution in [0.4, 0.5) is 0 Å². The minimum atomic E-state index is 0.264. The summed E-state index contributed by atoms with van der Waals surface area (Å²) in [5.74, 6) is 0.917. The average Bonchev–Trinajstić information content (AvgIpc) is 3.12. The van der Waals surface area contributed by atoms with Crippen molar-refractivity contribution >= 4 is 0 Å². The zero-order valence-electron chi connectivity index (χ0n) is 14.6. The van der Waals surface area contributed by atoms with Crippen LogP contribution in [-0.2, 0) is 11.3 Å². The molecule has 0 saturated carbocycles. The molecule has 3 nitrogen and oxygen atoms in total. The van der Waals surface area contributed by atoms with Crippen molar-refractivity contribution in [2.45, 2.75) is 45.4 Å². The van der Waals surface area contributed by atoms with E-state index in [1.165, 1.54) is 16.7 Å². The van der Waals surface area contributed by atoms with Gasteiger partial charge in [0.2, 0.25) is 0 Å². The molecule has 1 saturated heterocycles. The monoisotopic (exact) mass is 325 g/mol. The van der Waals surface area contributed by atoms with Crippen LogP contribution in [0, 0.1) is 6.92 Å². The Hall–Kier alpha value is -1.84. The molecular weight excluding hydrogens is 298 g/mol. The van der Waals surface area contributed by atoms with Gasteiger partial charge in [0.1, 0.15) is 12.4 Å². The quantitative estimate of drug-likeness (QED) is 0.818. The number of benzene rings is 2. The highest BCUT2D eigenvalue weighted by Gasteiger charge is 2.16. The van der Waals surface area contributed by atoms with Crippen LogP contribution in [0.15, 0.2) is 48.5 Å². The molecule has 24 heavy (non-hydrogen) atoms. The lowest BCUT2D eigenvalue weighted by atomic mass is 10.1. The van der Waals surface area contributed by atoms with Crippen LogP contribution in [-0.4, -0.2) is 19.3 Å². The lowest BCUT2D eigenvalue weighted by Crippen LogP contribution is -2.18. The van der Waals surface area contributed by atoms with E-state index in [2.05, 4.69) is 67.7 Å². The van der Waals surface area contributed by atoms with Gasteiger partial charge in [0.15, 0.2) is 0 Å². The molecule has 3 rings (SSSR count). The molecule has 0 bridgehead atoms. The molecule has 0 aromatic heterocycles. The standard InChI is InChI=1S/C21H27NO2/c1-16-5-3-6-18(13-16)14-22-17(2)19-8-10-20(11-9-19)24-15-21-7-4-12-23-21/h3,5-6,8-11,13,17,21-22H,4,7,12,14-15H2,1-2H3. The molecule has 0 spiro atoms. The first-order valence-corrected chi connectivity index (χ1v) is 8.84. The average molecular weight is 325 g/mol. The number of hydrogen-bond donors (Lipinski definition) is 1. The first kappa shape index (κ1) is 17.0. The molecule has 2 unspecified atom stereocenters. The van der Waals surface area contributed by atoms with Crippen LogP contribution in [0.3, 0.4) is 0 Å². The first-order chi connectivity index (χ1) is 11.7. The van der Waals surface area contributed by atoms with Crippen molar-refractivity contribution in [2.75, 3.05) is 13.2 Å². The van der Waals surface area contributed by atoms with E-state index in [0.29, 0.717) is 12.6 Å². The third-order valence-electron chi connectivity index (χ3n) is 4.53. The van der Waals surface area contributed by atoms with Gasteiger partial charge in [-0.1, -0.05) is 42.0 Å². The van der Waals surface area contributed by atoms with E-state index >= 15 is 0 Å². The third kappa shape index (κ3) is 4.83. The molecule has 1 N–H and O–H groups in total. The molecule has 0 radical (unpaired) electrons. The summed E-state index contributed by atoms with van der Waals surface area (Å²) in [5.41, 5.74) is 3.89. The summed E-state index contributed by atoms with van der Waals surface area (Å²) in [7, 11) is 0. The van der Waals surface area contributed by atoms with Crippen molar-refractivity contribution in [1.82, 2.24) is 5.32 Å². The number of aryl methyl sites for hydroxylation is 1. The molecule has 1 fully saturated rings. The fraction of sp³-hybridized carbons (Fsp3) is 0.429. The summed E-state index contributed by atoms with van der Waals surface area (Å²) in [4.78, 5) is 0. The maximum absolute atomic E-state index is 5.82. The van der Waals surface area contributed by atoms with Gasteiger partial charge in [-0.15, -0.1) is 0 Å². The Morgan fingerprint density at radius 3 is 2.75 bits per heavy atom. The summed E-state index contributed by atoms with van der Waals surface area (Å²) >= 11 is 0. The normalized spacial score (nSPS) is 18.5. The van der Waals surface area contributed by atoms with Crippen LogP contribution in [0.5, 0.6) is 5.75 Å². The van der Waals surface area contributed by atoms with E-state index < -0.39 is 0 Å². The topological polar surface area (TPSA) is 30.5 Å². The van der Waals surface area contributed by atoms with Gasteiger partial charge in [-0.25, -0.2) is 0 Å². The molecular formula is C21H27NO2. The molecule has 3 heteroatoms. The summed E-state index contributed by atoms with van der Waals surface area (Å²) < 4.78 is 11.4. The molecule has 1 aliphatic rings. The third-order valence-corrected chi connectivity index (χ3v) is 4.53. The summed E-state index contributed by atoms with van der Waals surface area (Å²) in [6, 6.07) is 17.3. The largest absolute Gasteiger partial charge is 0.491 e. The minimum absolute atomic E-state index is 0.264. The number of ether oxygens (including phenoxy) is 2. The van der Waals surface area contributed by atoms with Gasteiger partial charge in [-0.05, 0) is 49.9 Å². The molecule has 1 aliphatic heterocycles. The second kappa shape index (κ2) is 8.32. The highest BCUT2D eigenvalue weighted by Crippen LogP contribution is 2.20. The maximum Gasteiger partial charge on any atom is 0.119 e. The van der Waals surface area contributed by atoms with Crippen molar-refractivity contribution in [2.24, 2.45) is 0 Å². The Labute approximate surface area is 145 Å². The highest BCUT2D eigenvalue weighted by molar-refractivity contribution is 5.29. The van der Waals surface area contributed by atoms with Crippen LogP contribution in [0.2, 0.25) is 0 Å². The SMILES string of the molecule is Cc1cccc(CNC(C)c2ccc(OCC3CCCO3)cc2)c1. The van der Waals surface area contributed by atoms with Crippen molar-refractivity contribution < 1.29 is 9.47 Å². The van der Waals surface area contributed by atoms with Gasteiger partial charge in [0, 0.05) is 19.2 Å². The molecule has 0 amide bonds. The van der Waals surface area contributed by atoms with Gasteiger partial charge < -0.3 is 14.8 Å². The minimum Gasteiger partial charge on any atom is -0.491 e. The Morgan fingerprint density at radius 2 is 2.04 bits per heavy atom. The molecule has 0 aliphatic carbocycles. The Morgan fingerprint density at radius 1 is 1.21 bits per heavy atom. The van der Waals surface area contributed by atoms with Gasteiger partial charge in [-0.3, -0.25) is 0 Å². The van der Waals surface area contributed by atoms with Crippen molar-refractivity contribution in [3.8, 4) is 5.75 Å². The van der Waals surface area contributed by atoms with E-state index in [1.807, 2.05) is 0 Å². The molecule has 2 atom stereocenters. The predicted octanol–water partition coefficient (Wildman–Crippen LogP) is 4.40. The fourth-order valence-corrected chi connectivity index (χ4v) is 3.03. The van der Waals surface area contributed by atoms with Crippen molar-refractivity contribution in [3.05, 3.63) is 65.2 Å². The summed E-state index contributed by atoms with van der Waals surface area (Å²) in [5, 5.41) is 3.58. The van der Waals surface area contributed by atoms with E-state index in [4.69, 9.17) is 9.47 Å². The second-order valence-corrected chi connectivity index (χ2v) is 6.61. The van der Waals surface area contributed by atoms with E-state index in [-0.39, 0.29) is 6.10 Å². The number of hydrogen-bond acceptors (Lipinski definition) is 3. The Kier molecular flexibility index (Phi) is 5.89. The fourth-order valence-electron chi connectivity index (χ4n) is 3.03. The summed E-state index contributed by atoms with van der Waals surface area (Å²) in [6.45, 7) is 6.72. The zero-order valence-corrected chi connectivity index (χ0v) is 14.6. The van der Waals surface area contributed by atoms with Crippen molar-refractivity contribution in [1.29, 1.82) is 0 Å². The van der Waals surface area contributed by atoms with Crippen LogP contribution in [0.25, 0.3) is 0 Å². The predicted molar refractivity (Wildman–Crippen MR) is 97.3 cm³/mol. The second-order valence-electron chi connectivity index (χ2n) is 6.61. The lowest BCUT2D eigenvalue weighted by molar-refractivity contribution is 0.0679. The van der Waals surface area contributed by atoms with Gasteiger partial charge >= 0.3 is 0 Å². The molecule has 2 aromatic rings. The van der Waals surface area contributed by atoms with Gasteiger partial charge in [-0.2, -0.15) is 0 Å². The molecule has 1 heterocycles. The molecule has 2 aromatic carbocycles. The zero-order chi connectivity index (χ0) is 16.8. The Bertz CT molecular complexity index is 633. The van der Waals surface area contributed by atoms with Crippen LogP contribution < -0.4 is 10.1 Å². The van der Waals surface area contributed by atoms with E-state index in [0.717, 1.165) is 31.7 Å². The van der Waals surface area contributed by atoms with E-state index in [1.54, 1.807) is 0 Å². The highest BCUT2D eigenvalue weighted by atomic mass is 16.5. The first-order valence-electron chi connectivity index (χ1n) is 8.84. The van der Waals surface area contributed by atoms with E-state index in [9.17, 15) is 0 Å². The van der Waals surface area contributed by atoms with Crippen molar-refractivity contribution in [3.63, 3.8) is 0 Å². The van der Waals surface area contributed by atoms with Crippen LogP contribution >= 0.6 is 0 Å². The van der Waals surface area contributed by atoms with Gasteiger partial charge in [0.05, 0.1) is 6.10 Å². The smallest absolute Gasteiger partial charge is 0.119 e. The molecule has 128 valence electrons. The number of rotatable bonds is 7.